The molecule has 5 nitrogen and oxygen atoms in total. The second kappa shape index (κ2) is 9.05. The molecule has 0 saturated carbocycles. The van der Waals surface area contributed by atoms with E-state index in [9.17, 15) is 27.6 Å². The molecule has 1 N–H and O–H groups in total. The van der Waals surface area contributed by atoms with Crippen LogP contribution in [-0.4, -0.2) is 37.1 Å². The predicted octanol–water partition coefficient (Wildman–Crippen LogP) is 5.14. The van der Waals surface area contributed by atoms with Crippen LogP contribution >= 0.6 is 0 Å². The standard InChI is InChI=1S/C24H19F3N2O3/c1-29(2)23(32)20-13-15(14-30)7-12-21(20)28-22(31)19-6-4-3-5-18(19)16-8-10-17(11-9-16)24(25,26)27/h3-14H,1-2H3,(H,28,31). The van der Waals surface area contributed by atoms with Crippen LogP contribution in [0.5, 0.6) is 0 Å². The minimum Gasteiger partial charge on any atom is -0.345 e. The maximum Gasteiger partial charge on any atom is 0.416 e. The van der Waals surface area contributed by atoms with Crippen LogP contribution in [0.15, 0.2) is 66.7 Å². The summed E-state index contributed by atoms with van der Waals surface area (Å²) in [5.74, 6) is -0.952. The number of rotatable bonds is 5. The summed E-state index contributed by atoms with van der Waals surface area (Å²) in [6, 6.07) is 15.3. The molecule has 0 bridgehead atoms. The van der Waals surface area contributed by atoms with E-state index < -0.39 is 23.6 Å². The molecule has 3 aromatic rings. The summed E-state index contributed by atoms with van der Waals surface area (Å²) in [5.41, 5.74) is 0.925. The normalized spacial score (nSPS) is 11.0. The quantitative estimate of drug-likeness (QED) is 0.559. The molecule has 0 atom stereocenters. The Hall–Kier alpha value is -3.94. The number of nitrogens with one attached hydrogen (secondary N) is 1. The van der Waals surface area contributed by atoms with Gasteiger partial charge in [0, 0.05) is 25.2 Å². The maximum atomic E-state index is 13.0. The molecule has 0 saturated heterocycles. The van der Waals surface area contributed by atoms with Gasteiger partial charge in [-0.3, -0.25) is 14.4 Å². The van der Waals surface area contributed by atoms with Gasteiger partial charge in [0.05, 0.1) is 16.8 Å². The number of aldehydes is 1. The first-order valence-electron chi connectivity index (χ1n) is 9.50. The molecule has 0 aliphatic heterocycles. The van der Waals surface area contributed by atoms with Gasteiger partial charge in [-0.05, 0) is 47.5 Å². The molecular formula is C24H19F3N2O3. The average Bonchev–Trinajstić information content (AvgIpc) is 2.78. The Morgan fingerprint density at radius 1 is 0.906 bits per heavy atom. The highest BCUT2D eigenvalue weighted by Crippen LogP contribution is 2.32. The van der Waals surface area contributed by atoms with Gasteiger partial charge in [0.2, 0.25) is 0 Å². The molecule has 0 aliphatic carbocycles. The number of hydrogen-bond acceptors (Lipinski definition) is 3. The Labute approximate surface area is 182 Å². The van der Waals surface area contributed by atoms with Gasteiger partial charge in [0.1, 0.15) is 6.29 Å². The van der Waals surface area contributed by atoms with Gasteiger partial charge in [-0.15, -0.1) is 0 Å². The van der Waals surface area contributed by atoms with E-state index >= 15 is 0 Å². The molecule has 0 unspecified atom stereocenters. The van der Waals surface area contributed by atoms with Crippen molar-refractivity contribution in [1.82, 2.24) is 4.90 Å². The third kappa shape index (κ3) is 4.85. The lowest BCUT2D eigenvalue weighted by Crippen LogP contribution is -2.24. The summed E-state index contributed by atoms with van der Waals surface area (Å²) in [7, 11) is 3.09. The smallest absolute Gasteiger partial charge is 0.345 e. The largest absolute Gasteiger partial charge is 0.416 e. The lowest BCUT2D eigenvalue weighted by atomic mass is 9.98. The fourth-order valence-corrected chi connectivity index (χ4v) is 3.12. The van der Waals surface area contributed by atoms with E-state index in [0.29, 0.717) is 17.4 Å². The number of nitrogens with zero attached hydrogens (tertiary/aromatic N) is 1. The van der Waals surface area contributed by atoms with Crippen LogP contribution in [0.4, 0.5) is 18.9 Å². The lowest BCUT2D eigenvalue weighted by molar-refractivity contribution is -0.137. The van der Waals surface area contributed by atoms with E-state index in [-0.39, 0.29) is 22.4 Å². The number of hydrogen-bond donors (Lipinski definition) is 1. The van der Waals surface area contributed by atoms with E-state index in [4.69, 9.17) is 0 Å². The van der Waals surface area contributed by atoms with Gasteiger partial charge in [-0.25, -0.2) is 0 Å². The van der Waals surface area contributed by atoms with E-state index in [1.165, 1.54) is 41.3 Å². The second-order valence-corrected chi connectivity index (χ2v) is 7.20. The van der Waals surface area contributed by atoms with Gasteiger partial charge >= 0.3 is 6.18 Å². The van der Waals surface area contributed by atoms with Gasteiger partial charge in [0.25, 0.3) is 11.8 Å². The molecule has 8 heteroatoms. The first-order chi connectivity index (χ1) is 15.1. The molecule has 0 spiro atoms. The number of carbonyl (C=O) groups is 3. The number of anilines is 1. The first-order valence-corrected chi connectivity index (χ1v) is 9.50. The average molecular weight is 440 g/mol. The SMILES string of the molecule is CN(C)C(=O)c1cc(C=O)ccc1NC(=O)c1ccccc1-c1ccc(C(F)(F)F)cc1. The molecule has 0 aromatic heterocycles. The van der Waals surface area contributed by atoms with Gasteiger partial charge in [0.15, 0.2) is 0 Å². The summed E-state index contributed by atoms with van der Waals surface area (Å²) < 4.78 is 38.6. The second-order valence-electron chi connectivity index (χ2n) is 7.20. The molecule has 32 heavy (non-hydrogen) atoms. The fourth-order valence-electron chi connectivity index (χ4n) is 3.12. The predicted molar refractivity (Wildman–Crippen MR) is 115 cm³/mol. The third-order valence-corrected chi connectivity index (χ3v) is 4.76. The number of halogens is 3. The maximum absolute atomic E-state index is 13.0. The van der Waals surface area contributed by atoms with Crippen molar-refractivity contribution in [3.8, 4) is 11.1 Å². The minimum absolute atomic E-state index is 0.139. The van der Waals surface area contributed by atoms with Crippen LogP contribution in [-0.2, 0) is 6.18 Å². The Kier molecular flexibility index (Phi) is 6.43. The Morgan fingerprint density at radius 3 is 2.16 bits per heavy atom. The van der Waals surface area contributed by atoms with E-state index in [2.05, 4.69) is 5.32 Å². The van der Waals surface area contributed by atoms with Crippen LogP contribution in [0, 0.1) is 0 Å². The molecule has 0 radical (unpaired) electrons. The van der Waals surface area contributed by atoms with Crippen LogP contribution in [0.2, 0.25) is 0 Å². The Morgan fingerprint density at radius 2 is 1.56 bits per heavy atom. The highest BCUT2D eigenvalue weighted by atomic mass is 19.4. The van der Waals surface area contributed by atoms with Gasteiger partial charge in [-0.2, -0.15) is 13.2 Å². The summed E-state index contributed by atoms with van der Waals surface area (Å²) >= 11 is 0. The van der Waals surface area contributed by atoms with Crippen molar-refractivity contribution in [3.05, 3.63) is 89.0 Å². The fraction of sp³-hybridized carbons (Fsp3) is 0.125. The number of alkyl halides is 3. The summed E-state index contributed by atoms with van der Waals surface area (Å²) in [4.78, 5) is 38.0. The monoisotopic (exact) mass is 440 g/mol. The van der Waals surface area contributed by atoms with Crippen LogP contribution in [0.3, 0.4) is 0 Å². The Balaban J connectivity index is 1.97. The van der Waals surface area contributed by atoms with Crippen molar-refractivity contribution < 1.29 is 27.6 Å². The highest BCUT2D eigenvalue weighted by molar-refractivity contribution is 6.12. The number of benzene rings is 3. The molecule has 2 amide bonds. The molecule has 0 aliphatic rings. The van der Waals surface area contributed by atoms with Crippen LogP contribution in [0.25, 0.3) is 11.1 Å². The van der Waals surface area contributed by atoms with Crippen molar-refractivity contribution in [2.75, 3.05) is 19.4 Å². The van der Waals surface area contributed by atoms with Crippen molar-refractivity contribution in [2.45, 2.75) is 6.18 Å². The van der Waals surface area contributed by atoms with Crippen molar-refractivity contribution in [2.24, 2.45) is 0 Å². The molecule has 0 fully saturated rings. The minimum atomic E-state index is -4.46. The van der Waals surface area contributed by atoms with Crippen molar-refractivity contribution in [1.29, 1.82) is 0 Å². The first kappa shape index (κ1) is 22.7. The molecular weight excluding hydrogens is 421 g/mol. The number of amides is 2. The van der Waals surface area contributed by atoms with Gasteiger partial charge in [-0.1, -0.05) is 30.3 Å². The summed E-state index contributed by atoms with van der Waals surface area (Å²) in [6.45, 7) is 0. The third-order valence-electron chi connectivity index (χ3n) is 4.76. The topological polar surface area (TPSA) is 66.5 Å². The van der Waals surface area contributed by atoms with Crippen molar-refractivity contribution in [3.63, 3.8) is 0 Å². The van der Waals surface area contributed by atoms with Crippen molar-refractivity contribution >= 4 is 23.8 Å². The summed E-state index contributed by atoms with van der Waals surface area (Å²) in [6.07, 6.45) is -3.86. The van der Waals surface area contributed by atoms with Crippen LogP contribution < -0.4 is 5.32 Å². The van der Waals surface area contributed by atoms with E-state index in [1.807, 2.05) is 0 Å². The molecule has 164 valence electrons. The zero-order valence-corrected chi connectivity index (χ0v) is 17.2. The van der Waals surface area contributed by atoms with Crippen LogP contribution in [0.1, 0.15) is 36.6 Å². The number of carbonyl (C=O) groups excluding carboxylic acids is 3. The van der Waals surface area contributed by atoms with Gasteiger partial charge < -0.3 is 10.2 Å². The highest BCUT2D eigenvalue weighted by Gasteiger charge is 2.30. The molecule has 3 rings (SSSR count). The Bertz CT molecular complexity index is 1170. The summed E-state index contributed by atoms with van der Waals surface area (Å²) in [5, 5.41) is 2.68. The molecule has 3 aromatic carbocycles. The lowest BCUT2D eigenvalue weighted by Gasteiger charge is -2.16. The van der Waals surface area contributed by atoms with E-state index in [0.717, 1.165) is 12.1 Å². The molecule has 0 heterocycles. The zero-order valence-electron chi connectivity index (χ0n) is 17.2. The van der Waals surface area contributed by atoms with E-state index in [1.54, 1.807) is 32.3 Å². The zero-order chi connectivity index (χ0) is 23.5.